The first kappa shape index (κ1) is 24.3. The summed E-state index contributed by atoms with van der Waals surface area (Å²) >= 11 is 0. The molecule has 0 aliphatic heterocycles. The average Bonchev–Trinajstić information content (AvgIpc) is 3.04. The van der Waals surface area contributed by atoms with Gasteiger partial charge in [0.15, 0.2) is 0 Å². The average molecular weight is 480 g/mol. The third kappa shape index (κ3) is 4.69. The lowest BCUT2D eigenvalue weighted by atomic mass is 9.75. The van der Waals surface area contributed by atoms with Gasteiger partial charge < -0.3 is 9.30 Å². The molecular formula is C28H33NO4S. The normalized spacial score (nSPS) is 15.1. The summed E-state index contributed by atoms with van der Waals surface area (Å²) in [6.45, 7) is 8.93. The van der Waals surface area contributed by atoms with Gasteiger partial charge in [0.2, 0.25) is 9.84 Å². The first-order valence-corrected chi connectivity index (χ1v) is 13.4. The fourth-order valence-electron chi connectivity index (χ4n) is 5.05. The van der Waals surface area contributed by atoms with E-state index in [1.54, 1.807) is 36.4 Å². The van der Waals surface area contributed by atoms with E-state index in [1.165, 1.54) is 11.3 Å². The molecule has 1 heterocycles. The van der Waals surface area contributed by atoms with Crippen molar-refractivity contribution in [2.75, 3.05) is 6.61 Å². The van der Waals surface area contributed by atoms with Gasteiger partial charge in [0.05, 0.1) is 16.4 Å². The molecule has 1 aliphatic carbocycles. The van der Waals surface area contributed by atoms with Gasteiger partial charge in [-0.15, -0.1) is 0 Å². The van der Waals surface area contributed by atoms with E-state index < -0.39 is 9.84 Å². The van der Waals surface area contributed by atoms with Crippen molar-refractivity contribution in [3.63, 3.8) is 0 Å². The lowest BCUT2D eigenvalue weighted by molar-refractivity contribution is -0.143. The molecule has 3 aromatic rings. The number of esters is 1. The largest absolute Gasteiger partial charge is 0.465 e. The molecule has 0 amide bonds. The van der Waals surface area contributed by atoms with Crippen molar-refractivity contribution in [3.8, 4) is 0 Å². The number of carbonyl (C=O) groups excluding carboxylic acids is 1. The summed E-state index contributed by atoms with van der Waals surface area (Å²) in [5, 5.41) is 0. The molecule has 0 N–H and O–H groups in total. The summed E-state index contributed by atoms with van der Waals surface area (Å²) < 4.78 is 34.3. The second-order valence-electron chi connectivity index (χ2n) is 9.82. The first-order valence-electron chi connectivity index (χ1n) is 11.9. The SMILES string of the molecule is CCOC(=O)Cn1c(C)c(Cc2ccccc2S(=O)(=O)c2ccccc2)c2c1CCC(C)(C)C2. The number of hydrogen-bond donors (Lipinski definition) is 0. The van der Waals surface area contributed by atoms with Gasteiger partial charge in [-0.05, 0) is 73.4 Å². The Hall–Kier alpha value is -2.86. The molecule has 0 unspecified atom stereocenters. The third-order valence-corrected chi connectivity index (χ3v) is 8.72. The predicted molar refractivity (Wildman–Crippen MR) is 133 cm³/mol. The van der Waals surface area contributed by atoms with Crippen LogP contribution in [0.2, 0.25) is 0 Å². The van der Waals surface area contributed by atoms with Gasteiger partial charge in [-0.25, -0.2) is 8.42 Å². The van der Waals surface area contributed by atoms with Crippen LogP contribution < -0.4 is 0 Å². The Labute approximate surface area is 202 Å². The van der Waals surface area contributed by atoms with Crippen molar-refractivity contribution in [1.82, 2.24) is 4.57 Å². The minimum atomic E-state index is -3.65. The van der Waals surface area contributed by atoms with Crippen molar-refractivity contribution in [2.45, 2.75) is 69.7 Å². The van der Waals surface area contributed by atoms with Gasteiger partial charge in [-0.3, -0.25) is 4.79 Å². The Bertz CT molecular complexity index is 1300. The number of sulfone groups is 1. The Morgan fingerprint density at radius 1 is 1.06 bits per heavy atom. The lowest BCUT2D eigenvalue weighted by Crippen LogP contribution is -2.24. The van der Waals surface area contributed by atoms with Crippen LogP contribution in [0.1, 0.15) is 55.3 Å². The maximum absolute atomic E-state index is 13.5. The highest BCUT2D eigenvalue weighted by atomic mass is 32.2. The molecule has 34 heavy (non-hydrogen) atoms. The number of ether oxygens (including phenoxy) is 1. The van der Waals surface area contributed by atoms with Crippen LogP contribution in [-0.2, 0) is 45.2 Å². The molecule has 0 spiro atoms. The zero-order valence-corrected chi connectivity index (χ0v) is 21.2. The second-order valence-corrected chi connectivity index (χ2v) is 11.7. The van der Waals surface area contributed by atoms with E-state index in [2.05, 4.69) is 18.4 Å². The lowest BCUT2D eigenvalue weighted by Gasteiger charge is -2.31. The Morgan fingerprint density at radius 2 is 1.74 bits per heavy atom. The predicted octanol–water partition coefficient (Wildman–Crippen LogP) is 5.30. The zero-order chi connectivity index (χ0) is 24.5. The minimum Gasteiger partial charge on any atom is -0.465 e. The molecule has 6 heteroatoms. The van der Waals surface area contributed by atoms with Gasteiger partial charge in [0.1, 0.15) is 6.54 Å². The summed E-state index contributed by atoms with van der Waals surface area (Å²) in [6, 6.07) is 15.8. The van der Waals surface area contributed by atoms with Gasteiger partial charge in [0.25, 0.3) is 0 Å². The molecular weight excluding hydrogens is 446 g/mol. The van der Waals surface area contributed by atoms with E-state index in [-0.39, 0.29) is 17.9 Å². The molecule has 180 valence electrons. The van der Waals surface area contributed by atoms with Crippen LogP contribution in [0, 0.1) is 12.3 Å². The highest BCUT2D eigenvalue weighted by molar-refractivity contribution is 7.91. The number of benzene rings is 2. The van der Waals surface area contributed by atoms with Gasteiger partial charge in [-0.2, -0.15) is 0 Å². The van der Waals surface area contributed by atoms with Crippen LogP contribution in [0.15, 0.2) is 64.4 Å². The highest BCUT2D eigenvalue weighted by Gasteiger charge is 2.32. The Kier molecular flexibility index (Phi) is 6.72. The first-order chi connectivity index (χ1) is 16.1. The standard InChI is InChI=1S/C28H33NO4S/c1-5-33-27(30)19-29-20(2)23(24-18-28(3,4)16-15-25(24)29)17-21-11-9-10-14-26(21)34(31,32)22-12-7-6-8-13-22/h6-14H,5,15-19H2,1-4H3. The van der Waals surface area contributed by atoms with E-state index in [0.717, 1.165) is 36.1 Å². The summed E-state index contributed by atoms with van der Waals surface area (Å²) in [7, 11) is -3.65. The van der Waals surface area contributed by atoms with Crippen LogP contribution in [-0.4, -0.2) is 25.6 Å². The maximum Gasteiger partial charge on any atom is 0.325 e. The van der Waals surface area contributed by atoms with Crippen LogP contribution in [0.4, 0.5) is 0 Å². The van der Waals surface area contributed by atoms with Crippen molar-refractivity contribution in [3.05, 3.63) is 82.7 Å². The van der Waals surface area contributed by atoms with Gasteiger partial charge >= 0.3 is 5.97 Å². The van der Waals surface area contributed by atoms with Crippen LogP contribution in [0.3, 0.4) is 0 Å². The molecule has 5 nitrogen and oxygen atoms in total. The summed E-state index contributed by atoms with van der Waals surface area (Å²) in [4.78, 5) is 13.0. The van der Waals surface area contributed by atoms with Crippen molar-refractivity contribution in [1.29, 1.82) is 0 Å². The van der Waals surface area contributed by atoms with E-state index in [1.807, 2.05) is 32.0 Å². The molecule has 2 aromatic carbocycles. The Morgan fingerprint density at radius 3 is 2.44 bits per heavy atom. The number of aromatic nitrogens is 1. The summed E-state index contributed by atoms with van der Waals surface area (Å²) in [6.07, 6.45) is 3.35. The number of fused-ring (bicyclic) bond motifs is 1. The number of rotatable bonds is 7. The molecule has 0 saturated carbocycles. The number of nitrogens with zero attached hydrogens (tertiary/aromatic N) is 1. The topological polar surface area (TPSA) is 65.4 Å². The molecule has 0 radical (unpaired) electrons. The second kappa shape index (κ2) is 9.41. The van der Waals surface area contributed by atoms with Crippen molar-refractivity contribution in [2.24, 2.45) is 5.41 Å². The van der Waals surface area contributed by atoms with E-state index in [4.69, 9.17) is 4.74 Å². The number of hydrogen-bond acceptors (Lipinski definition) is 4. The quantitative estimate of drug-likeness (QED) is 0.432. The monoisotopic (exact) mass is 479 g/mol. The maximum atomic E-state index is 13.5. The molecule has 0 saturated heterocycles. The zero-order valence-electron chi connectivity index (χ0n) is 20.4. The van der Waals surface area contributed by atoms with Crippen molar-refractivity contribution >= 4 is 15.8 Å². The third-order valence-electron chi connectivity index (χ3n) is 6.85. The summed E-state index contributed by atoms with van der Waals surface area (Å²) in [5.74, 6) is -0.244. The smallest absolute Gasteiger partial charge is 0.325 e. The van der Waals surface area contributed by atoms with Crippen LogP contribution in [0.25, 0.3) is 0 Å². The van der Waals surface area contributed by atoms with Gasteiger partial charge in [0, 0.05) is 17.8 Å². The molecule has 0 atom stereocenters. The number of carbonyl (C=O) groups is 1. The van der Waals surface area contributed by atoms with E-state index in [0.29, 0.717) is 22.8 Å². The molecule has 1 aromatic heterocycles. The van der Waals surface area contributed by atoms with Crippen molar-refractivity contribution < 1.29 is 17.9 Å². The molecule has 4 rings (SSSR count). The Balaban J connectivity index is 1.80. The fourth-order valence-corrected chi connectivity index (χ4v) is 6.57. The van der Waals surface area contributed by atoms with Crippen LogP contribution >= 0.6 is 0 Å². The fraction of sp³-hybridized carbons (Fsp3) is 0.393. The minimum absolute atomic E-state index is 0.153. The highest BCUT2D eigenvalue weighted by Crippen LogP contribution is 2.40. The molecule has 0 bridgehead atoms. The molecule has 0 fully saturated rings. The van der Waals surface area contributed by atoms with Crippen LogP contribution in [0.5, 0.6) is 0 Å². The molecule has 1 aliphatic rings. The van der Waals surface area contributed by atoms with E-state index in [9.17, 15) is 13.2 Å². The summed E-state index contributed by atoms with van der Waals surface area (Å²) in [5.41, 5.74) is 5.51. The van der Waals surface area contributed by atoms with Gasteiger partial charge in [-0.1, -0.05) is 50.2 Å². The van der Waals surface area contributed by atoms with E-state index >= 15 is 0 Å².